The summed E-state index contributed by atoms with van der Waals surface area (Å²) in [6, 6.07) is 9.59. The van der Waals surface area contributed by atoms with Gasteiger partial charge in [-0.15, -0.1) is 5.10 Å². The highest BCUT2D eigenvalue weighted by molar-refractivity contribution is 5.94. The second kappa shape index (κ2) is 6.96. The molecule has 0 aliphatic rings. The van der Waals surface area contributed by atoms with Crippen LogP contribution in [0.4, 0.5) is 0 Å². The Bertz CT molecular complexity index is 546. The van der Waals surface area contributed by atoms with E-state index >= 15 is 0 Å². The lowest BCUT2D eigenvalue weighted by molar-refractivity contribution is 0.0959. The molecule has 0 aliphatic carbocycles. The molecule has 0 N–H and O–H groups in total. The van der Waals surface area contributed by atoms with Crippen LogP contribution in [0.25, 0.3) is 5.69 Å². The van der Waals surface area contributed by atoms with Crippen molar-refractivity contribution in [2.24, 2.45) is 0 Å². The molecule has 0 amide bonds. The van der Waals surface area contributed by atoms with Gasteiger partial charge in [0.25, 0.3) is 0 Å². The van der Waals surface area contributed by atoms with Gasteiger partial charge in [0, 0.05) is 13.0 Å². The number of carbonyl (C=O) groups excluding carboxylic acids is 1. The van der Waals surface area contributed by atoms with Gasteiger partial charge in [0.1, 0.15) is 5.69 Å². The number of ketones is 1. The Labute approximate surface area is 119 Å². The largest absolute Gasteiger partial charge is 0.303 e. The standard InChI is InChI=1S/C15H20N4O/c1-3-18(4-2)11-10-15(20)14-12-16-17-19(14)13-8-6-5-7-9-13/h5-9,12H,3-4,10-11H2,1-2H3. The number of aromatic nitrogens is 3. The topological polar surface area (TPSA) is 51.0 Å². The Kier molecular flexibility index (Phi) is 5.01. The fourth-order valence-electron chi connectivity index (χ4n) is 2.11. The molecule has 20 heavy (non-hydrogen) atoms. The maximum absolute atomic E-state index is 12.3. The zero-order valence-electron chi connectivity index (χ0n) is 12.0. The molecule has 0 saturated heterocycles. The molecule has 0 fully saturated rings. The first kappa shape index (κ1) is 14.4. The number of rotatable bonds is 7. The molecule has 2 aromatic rings. The SMILES string of the molecule is CCN(CC)CCC(=O)c1cnnn1-c1ccccc1. The number of benzene rings is 1. The summed E-state index contributed by atoms with van der Waals surface area (Å²) in [7, 11) is 0. The Morgan fingerprint density at radius 3 is 2.55 bits per heavy atom. The van der Waals surface area contributed by atoms with E-state index in [0.29, 0.717) is 12.1 Å². The summed E-state index contributed by atoms with van der Waals surface area (Å²) in [6.45, 7) is 6.89. The lowest BCUT2D eigenvalue weighted by atomic mass is 10.2. The van der Waals surface area contributed by atoms with Crippen LogP contribution >= 0.6 is 0 Å². The zero-order chi connectivity index (χ0) is 14.4. The zero-order valence-corrected chi connectivity index (χ0v) is 12.0. The Hall–Kier alpha value is -2.01. The van der Waals surface area contributed by atoms with E-state index in [2.05, 4.69) is 29.1 Å². The quantitative estimate of drug-likeness (QED) is 0.725. The number of carbonyl (C=O) groups is 1. The highest BCUT2D eigenvalue weighted by Gasteiger charge is 2.15. The van der Waals surface area contributed by atoms with E-state index in [1.807, 2.05) is 30.3 Å². The number of para-hydroxylation sites is 1. The van der Waals surface area contributed by atoms with Gasteiger partial charge in [-0.3, -0.25) is 4.79 Å². The second-order valence-electron chi connectivity index (χ2n) is 4.57. The van der Waals surface area contributed by atoms with Crippen LogP contribution in [0.15, 0.2) is 36.5 Å². The third-order valence-electron chi connectivity index (χ3n) is 3.39. The maximum atomic E-state index is 12.3. The molecule has 1 heterocycles. The number of Topliss-reactive ketones (excluding diaryl/α,β-unsaturated/α-hetero) is 1. The predicted molar refractivity (Wildman–Crippen MR) is 78.1 cm³/mol. The minimum absolute atomic E-state index is 0.0748. The molecule has 0 atom stereocenters. The van der Waals surface area contributed by atoms with Crippen molar-refractivity contribution in [3.8, 4) is 5.69 Å². The van der Waals surface area contributed by atoms with E-state index in [9.17, 15) is 4.79 Å². The maximum Gasteiger partial charge on any atom is 0.184 e. The Morgan fingerprint density at radius 2 is 1.90 bits per heavy atom. The van der Waals surface area contributed by atoms with Crippen molar-refractivity contribution < 1.29 is 4.79 Å². The van der Waals surface area contributed by atoms with E-state index in [4.69, 9.17) is 0 Å². The summed E-state index contributed by atoms with van der Waals surface area (Å²) in [5.74, 6) is 0.0748. The lowest BCUT2D eigenvalue weighted by Crippen LogP contribution is -2.26. The minimum Gasteiger partial charge on any atom is -0.303 e. The fraction of sp³-hybridized carbons (Fsp3) is 0.400. The first-order valence-electron chi connectivity index (χ1n) is 6.98. The van der Waals surface area contributed by atoms with Crippen LogP contribution in [-0.2, 0) is 0 Å². The van der Waals surface area contributed by atoms with Crippen molar-refractivity contribution in [3.05, 3.63) is 42.2 Å². The first-order chi connectivity index (χ1) is 9.76. The Morgan fingerprint density at radius 1 is 1.20 bits per heavy atom. The van der Waals surface area contributed by atoms with Crippen LogP contribution in [0.5, 0.6) is 0 Å². The molecule has 1 aromatic heterocycles. The van der Waals surface area contributed by atoms with Gasteiger partial charge in [-0.25, -0.2) is 4.68 Å². The minimum atomic E-state index is 0.0748. The smallest absolute Gasteiger partial charge is 0.184 e. The summed E-state index contributed by atoms with van der Waals surface area (Å²) in [6.07, 6.45) is 2.03. The average Bonchev–Trinajstić information content (AvgIpc) is 2.98. The third-order valence-corrected chi connectivity index (χ3v) is 3.39. The van der Waals surface area contributed by atoms with Crippen LogP contribution in [0.2, 0.25) is 0 Å². The highest BCUT2D eigenvalue weighted by atomic mass is 16.1. The summed E-state index contributed by atoms with van der Waals surface area (Å²) in [5.41, 5.74) is 1.40. The number of nitrogens with zero attached hydrogens (tertiary/aromatic N) is 4. The van der Waals surface area contributed by atoms with Crippen molar-refractivity contribution >= 4 is 5.78 Å². The van der Waals surface area contributed by atoms with Crippen LogP contribution in [0.1, 0.15) is 30.8 Å². The molecule has 0 saturated carbocycles. The molecule has 5 nitrogen and oxygen atoms in total. The lowest BCUT2D eigenvalue weighted by Gasteiger charge is -2.17. The summed E-state index contributed by atoms with van der Waals surface area (Å²) in [5, 5.41) is 7.87. The van der Waals surface area contributed by atoms with E-state index in [1.165, 1.54) is 6.20 Å². The summed E-state index contributed by atoms with van der Waals surface area (Å²) >= 11 is 0. The first-order valence-corrected chi connectivity index (χ1v) is 6.98. The van der Waals surface area contributed by atoms with Gasteiger partial charge < -0.3 is 4.90 Å². The molecular weight excluding hydrogens is 252 g/mol. The van der Waals surface area contributed by atoms with Crippen molar-refractivity contribution in [3.63, 3.8) is 0 Å². The van der Waals surface area contributed by atoms with E-state index in [-0.39, 0.29) is 5.78 Å². The van der Waals surface area contributed by atoms with Crippen molar-refractivity contribution in [2.75, 3.05) is 19.6 Å². The number of hydrogen-bond acceptors (Lipinski definition) is 4. The van der Waals surface area contributed by atoms with Gasteiger partial charge in [-0.2, -0.15) is 0 Å². The van der Waals surface area contributed by atoms with Crippen LogP contribution < -0.4 is 0 Å². The van der Waals surface area contributed by atoms with Crippen molar-refractivity contribution in [1.29, 1.82) is 0 Å². The molecular formula is C15H20N4O. The third kappa shape index (κ3) is 3.30. The molecule has 0 unspecified atom stereocenters. The van der Waals surface area contributed by atoms with Gasteiger partial charge in [0.15, 0.2) is 5.78 Å². The van der Waals surface area contributed by atoms with Crippen LogP contribution in [-0.4, -0.2) is 45.3 Å². The van der Waals surface area contributed by atoms with E-state index in [1.54, 1.807) is 4.68 Å². The van der Waals surface area contributed by atoms with Gasteiger partial charge >= 0.3 is 0 Å². The monoisotopic (exact) mass is 272 g/mol. The fourth-order valence-corrected chi connectivity index (χ4v) is 2.11. The van der Waals surface area contributed by atoms with E-state index < -0.39 is 0 Å². The van der Waals surface area contributed by atoms with Crippen molar-refractivity contribution in [2.45, 2.75) is 20.3 Å². The van der Waals surface area contributed by atoms with Crippen molar-refractivity contribution in [1.82, 2.24) is 19.9 Å². The molecule has 0 radical (unpaired) electrons. The van der Waals surface area contributed by atoms with Gasteiger partial charge in [-0.05, 0) is 25.2 Å². The molecule has 0 spiro atoms. The van der Waals surface area contributed by atoms with Gasteiger partial charge in [0.05, 0.1) is 11.9 Å². The molecule has 106 valence electrons. The Balaban J connectivity index is 2.10. The summed E-state index contributed by atoms with van der Waals surface area (Å²) < 4.78 is 1.60. The molecule has 5 heteroatoms. The molecule has 1 aromatic carbocycles. The van der Waals surface area contributed by atoms with Crippen LogP contribution in [0, 0.1) is 0 Å². The summed E-state index contributed by atoms with van der Waals surface area (Å²) in [4.78, 5) is 14.5. The molecule has 0 aliphatic heterocycles. The predicted octanol–water partition coefficient (Wildman–Crippen LogP) is 2.18. The molecule has 0 bridgehead atoms. The average molecular weight is 272 g/mol. The second-order valence-corrected chi connectivity index (χ2v) is 4.57. The normalized spacial score (nSPS) is 10.9. The van der Waals surface area contributed by atoms with Gasteiger partial charge in [0.2, 0.25) is 0 Å². The highest BCUT2D eigenvalue weighted by Crippen LogP contribution is 2.10. The van der Waals surface area contributed by atoms with E-state index in [0.717, 1.165) is 25.3 Å². The van der Waals surface area contributed by atoms with Crippen LogP contribution in [0.3, 0.4) is 0 Å². The molecule has 2 rings (SSSR count). The number of hydrogen-bond donors (Lipinski definition) is 0. The van der Waals surface area contributed by atoms with Gasteiger partial charge in [-0.1, -0.05) is 37.3 Å².